The fourth-order valence-electron chi connectivity index (χ4n) is 2.30. The average molecular weight is 175 g/mol. The Morgan fingerprint density at radius 2 is 2.08 bits per heavy atom. The lowest BCUT2D eigenvalue weighted by Gasteiger charge is -2.19. The molecule has 2 unspecified atom stereocenters. The molecule has 0 bridgehead atoms. The maximum atomic E-state index is 5.86. The number of hydrogen-bond donors (Lipinski definition) is 1. The fraction of sp³-hybridized carbons (Fsp3) is 0.500. The van der Waals surface area contributed by atoms with Gasteiger partial charge in [0.2, 0.25) is 0 Å². The molecule has 0 aromatic carbocycles. The van der Waals surface area contributed by atoms with Gasteiger partial charge in [-0.25, -0.2) is 4.98 Å². The zero-order valence-corrected chi connectivity index (χ0v) is 7.43. The maximum absolute atomic E-state index is 5.86. The van der Waals surface area contributed by atoms with Gasteiger partial charge in [-0.1, -0.05) is 6.07 Å². The Kier molecular flexibility index (Phi) is 1.38. The van der Waals surface area contributed by atoms with Crippen molar-refractivity contribution in [3.05, 3.63) is 24.4 Å². The van der Waals surface area contributed by atoms with Crippen LogP contribution in [0.4, 0.5) is 5.82 Å². The van der Waals surface area contributed by atoms with Crippen molar-refractivity contribution in [2.45, 2.75) is 6.04 Å². The van der Waals surface area contributed by atoms with Gasteiger partial charge < -0.3 is 10.6 Å². The van der Waals surface area contributed by atoms with Crippen molar-refractivity contribution in [2.75, 3.05) is 18.0 Å². The average Bonchev–Trinajstić information content (AvgIpc) is 2.67. The molecule has 2 N–H and O–H groups in total. The van der Waals surface area contributed by atoms with Gasteiger partial charge in [0.25, 0.3) is 0 Å². The van der Waals surface area contributed by atoms with Gasteiger partial charge in [0.05, 0.1) is 0 Å². The van der Waals surface area contributed by atoms with Crippen LogP contribution in [0.3, 0.4) is 0 Å². The first kappa shape index (κ1) is 7.33. The molecule has 2 atom stereocenters. The lowest BCUT2D eigenvalue weighted by molar-refractivity contribution is 0.735. The van der Waals surface area contributed by atoms with Crippen molar-refractivity contribution in [1.82, 2.24) is 4.98 Å². The smallest absolute Gasteiger partial charge is 0.128 e. The van der Waals surface area contributed by atoms with E-state index in [4.69, 9.17) is 5.73 Å². The van der Waals surface area contributed by atoms with Crippen LogP contribution in [-0.2, 0) is 0 Å². The minimum absolute atomic E-state index is 0.472. The van der Waals surface area contributed by atoms with E-state index in [2.05, 4.69) is 16.0 Å². The molecule has 1 saturated heterocycles. The summed E-state index contributed by atoms with van der Waals surface area (Å²) in [7, 11) is 0. The molecule has 2 aliphatic rings. The van der Waals surface area contributed by atoms with Crippen LogP contribution in [0.15, 0.2) is 24.4 Å². The van der Waals surface area contributed by atoms with Crippen LogP contribution in [0.5, 0.6) is 0 Å². The fourth-order valence-corrected chi connectivity index (χ4v) is 2.30. The minimum Gasteiger partial charge on any atom is -0.356 e. The predicted molar refractivity (Wildman–Crippen MR) is 51.4 cm³/mol. The van der Waals surface area contributed by atoms with Crippen LogP contribution in [0.25, 0.3) is 0 Å². The van der Waals surface area contributed by atoms with E-state index >= 15 is 0 Å². The minimum atomic E-state index is 0.472. The van der Waals surface area contributed by atoms with E-state index in [1.54, 1.807) is 0 Å². The van der Waals surface area contributed by atoms with Crippen molar-refractivity contribution >= 4 is 5.82 Å². The number of hydrogen-bond acceptors (Lipinski definition) is 3. The normalized spacial score (nSPS) is 36.1. The summed E-state index contributed by atoms with van der Waals surface area (Å²) in [4.78, 5) is 6.66. The Morgan fingerprint density at radius 3 is 2.69 bits per heavy atom. The zero-order chi connectivity index (χ0) is 8.84. The molecule has 13 heavy (non-hydrogen) atoms. The van der Waals surface area contributed by atoms with Gasteiger partial charge in [0.15, 0.2) is 0 Å². The molecule has 1 aliphatic heterocycles. The van der Waals surface area contributed by atoms with E-state index in [1.165, 1.54) is 0 Å². The Hall–Kier alpha value is -1.09. The molecule has 0 spiro atoms. The molecule has 1 aromatic rings. The van der Waals surface area contributed by atoms with E-state index in [1.807, 2.05) is 18.3 Å². The SMILES string of the molecule is NC1C2CN(c3ccccn3)CC12. The summed E-state index contributed by atoms with van der Waals surface area (Å²) in [5.74, 6) is 2.57. The number of anilines is 1. The maximum Gasteiger partial charge on any atom is 0.128 e. The van der Waals surface area contributed by atoms with Crippen LogP contribution in [0.2, 0.25) is 0 Å². The third-order valence-corrected chi connectivity index (χ3v) is 3.23. The lowest BCUT2D eigenvalue weighted by Crippen LogP contribution is -2.28. The largest absolute Gasteiger partial charge is 0.356 e. The van der Waals surface area contributed by atoms with Crippen molar-refractivity contribution in [3.63, 3.8) is 0 Å². The number of nitrogens with zero attached hydrogens (tertiary/aromatic N) is 2. The van der Waals surface area contributed by atoms with E-state index in [9.17, 15) is 0 Å². The second-order valence-corrected chi connectivity index (χ2v) is 4.00. The molecule has 2 heterocycles. The summed E-state index contributed by atoms with van der Waals surface area (Å²) in [6.45, 7) is 2.20. The van der Waals surface area contributed by atoms with Crippen molar-refractivity contribution in [1.29, 1.82) is 0 Å². The first-order valence-electron chi connectivity index (χ1n) is 4.78. The van der Waals surface area contributed by atoms with Gasteiger partial charge in [-0.15, -0.1) is 0 Å². The summed E-state index contributed by atoms with van der Waals surface area (Å²) >= 11 is 0. The van der Waals surface area contributed by atoms with Crippen LogP contribution in [0.1, 0.15) is 0 Å². The highest BCUT2D eigenvalue weighted by Gasteiger charge is 2.53. The van der Waals surface area contributed by atoms with E-state index < -0.39 is 0 Å². The quantitative estimate of drug-likeness (QED) is 0.675. The Labute approximate surface area is 77.6 Å². The number of aromatic nitrogens is 1. The van der Waals surface area contributed by atoms with Crippen molar-refractivity contribution in [2.24, 2.45) is 17.6 Å². The predicted octanol–water partition coefficient (Wildman–Crippen LogP) is 0.475. The molecule has 1 aliphatic carbocycles. The third-order valence-electron chi connectivity index (χ3n) is 3.23. The molecule has 3 nitrogen and oxygen atoms in total. The first-order valence-corrected chi connectivity index (χ1v) is 4.78. The summed E-state index contributed by atoms with van der Waals surface area (Å²) in [6, 6.07) is 6.52. The standard InChI is InChI=1S/C10H13N3/c11-10-7-5-13(6-8(7)10)9-3-1-2-4-12-9/h1-4,7-8,10H,5-6,11H2. The van der Waals surface area contributed by atoms with Gasteiger partial charge >= 0.3 is 0 Å². The molecule has 3 rings (SSSR count). The van der Waals surface area contributed by atoms with Gasteiger partial charge in [0, 0.05) is 25.3 Å². The highest BCUT2D eigenvalue weighted by atomic mass is 15.2. The van der Waals surface area contributed by atoms with E-state index in [-0.39, 0.29) is 0 Å². The number of nitrogens with two attached hydrogens (primary N) is 1. The molecular weight excluding hydrogens is 162 g/mol. The Bertz CT molecular complexity index is 299. The zero-order valence-electron chi connectivity index (χ0n) is 7.43. The number of piperidine rings is 1. The van der Waals surface area contributed by atoms with Crippen molar-refractivity contribution < 1.29 is 0 Å². The van der Waals surface area contributed by atoms with Gasteiger partial charge in [-0.3, -0.25) is 0 Å². The summed E-state index contributed by atoms with van der Waals surface area (Å²) < 4.78 is 0. The number of rotatable bonds is 1. The molecule has 3 heteroatoms. The van der Waals surface area contributed by atoms with Gasteiger partial charge in [-0.2, -0.15) is 0 Å². The van der Waals surface area contributed by atoms with Crippen LogP contribution in [-0.4, -0.2) is 24.1 Å². The second kappa shape index (κ2) is 2.45. The van der Waals surface area contributed by atoms with Crippen LogP contribution in [0, 0.1) is 11.8 Å². The number of pyridine rings is 1. The van der Waals surface area contributed by atoms with Gasteiger partial charge in [0.1, 0.15) is 5.82 Å². The molecule has 2 fully saturated rings. The van der Waals surface area contributed by atoms with E-state index in [0.717, 1.165) is 30.7 Å². The lowest BCUT2D eigenvalue weighted by atomic mass is 10.3. The topological polar surface area (TPSA) is 42.1 Å². The van der Waals surface area contributed by atoms with Crippen molar-refractivity contribution in [3.8, 4) is 0 Å². The van der Waals surface area contributed by atoms with Crippen LogP contribution < -0.4 is 10.6 Å². The highest BCUT2D eigenvalue weighted by molar-refractivity contribution is 5.42. The summed E-state index contributed by atoms with van der Waals surface area (Å²) in [6.07, 6.45) is 1.85. The molecule has 1 saturated carbocycles. The molecule has 0 amide bonds. The van der Waals surface area contributed by atoms with Gasteiger partial charge in [-0.05, 0) is 24.0 Å². The first-order chi connectivity index (χ1) is 6.36. The monoisotopic (exact) mass is 175 g/mol. The molecule has 0 radical (unpaired) electrons. The molecule has 68 valence electrons. The van der Waals surface area contributed by atoms with Crippen LogP contribution >= 0.6 is 0 Å². The summed E-state index contributed by atoms with van der Waals surface area (Å²) in [5, 5.41) is 0. The molecule has 1 aromatic heterocycles. The Balaban J connectivity index is 1.76. The number of fused-ring (bicyclic) bond motifs is 1. The third kappa shape index (κ3) is 1.04. The van der Waals surface area contributed by atoms with E-state index in [0.29, 0.717) is 6.04 Å². The second-order valence-electron chi connectivity index (χ2n) is 4.00. The molecular formula is C10H13N3. The summed E-state index contributed by atoms with van der Waals surface area (Å²) in [5.41, 5.74) is 5.86. The Morgan fingerprint density at radius 1 is 1.31 bits per heavy atom. The highest BCUT2D eigenvalue weighted by Crippen LogP contribution is 2.44.